The molecule has 0 bridgehead atoms. The maximum atomic E-state index is 12.9. The molecule has 0 aromatic heterocycles. The highest BCUT2D eigenvalue weighted by atomic mass is 19.1. The van der Waals surface area contributed by atoms with E-state index in [9.17, 15) is 4.39 Å². The molecule has 0 fully saturated rings. The Labute approximate surface area is 79.8 Å². The Kier molecular flexibility index (Phi) is 3.47. The summed E-state index contributed by atoms with van der Waals surface area (Å²) in [4.78, 5) is 0. The Bertz CT molecular complexity index is 276. The first-order chi connectivity index (χ1) is 6.15. The Morgan fingerprint density at radius 1 is 1.31 bits per heavy atom. The van der Waals surface area contributed by atoms with E-state index >= 15 is 0 Å². The average Bonchev–Trinajstić information content (AvgIpc) is 2.08. The first-order valence-electron chi connectivity index (χ1n) is 4.74. The molecule has 1 aromatic rings. The summed E-state index contributed by atoms with van der Waals surface area (Å²) in [5.74, 6) is 1.04. The maximum Gasteiger partial charge on any atom is 0.123 e. The summed E-state index contributed by atoms with van der Waals surface area (Å²) in [6.45, 7) is 6.18. The fraction of sp³-hybridized carbons (Fsp3) is 0.417. The van der Waals surface area contributed by atoms with Crippen LogP contribution >= 0.6 is 0 Å². The Balaban J connectivity index is 3.03. The van der Waals surface area contributed by atoms with Gasteiger partial charge in [-0.15, -0.1) is 0 Å². The maximum absolute atomic E-state index is 12.9. The van der Waals surface area contributed by atoms with Crippen LogP contribution in [-0.2, 0) is 6.42 Å². The molecule has 0 nitrogen and oxygen atoms in total. The highest BCUT2D eigenvalue weighted by Gasteiger charge is 2.07. The van der Waals surface area contributed by atoms with Crippen molar-refractivity contribution in [3.05, 3.63) is 41.1 Å². The lowest BCUT2D eigenvalue weighted by Gasteiger charge is -2.11. The molecule has 0 unspecified atom stereocenters. The van der Waals surface area contributed by atoms with E-state index in [-0.39, 0.29) is 5.82 Å². The number of halogens is 1. The molecule has 1 rings (SSSR count). The summed E-state index contributed by atoms with van der Waals surface area (Å²) in [7, 11) is 0. The van der Waals surface area contributed by atoms with Crippen LogP contribution in [-0.4, -0.2) is 0 Å². The van der Waals surface area contributed by atoms with Crippen LogP contribution < -0.4 is 0 Å². The molecule has 0 aliphatic carbocycles. The van der Waals surface area contributed by atoms with Gasteiger partial charge in [0.25, 0.3) is 0 Å². The van der Waals surface area contributed by atoms with E-state index in [2.05, 4.69) is 6.92 Å². The van der Waals surface area contributed by atoms with E-state index < -0.39 is 0 Å². The predicted octanol–water partition coefficient (Wildman–Crippen LogP) is 3.74. The van der Waals surface area contributed by atoms with Crippen molar-refractivity contribution in [1.82, 2.24) is 0 Å². The number of aryl methyl sites for hydroxylation is 1. The summed E-state index contributed by atoms with van der Waals surface area (Å²) in [6, 6.07) is 5.05. The van der Waals surface area contributed by atoms with Gasteiger partial charge in [-0.1, -0.05) is 33.3 Å². The van der Waals surface area contributed by atoms with E-state index in [1.807, 2.05) is 19.9 Å². The third kappa shape index (κ3) is 2.55. The zero-order chi connectivity index (χ0) is 9.84. The van der Waals surface area contributed by atoms with Crippen LogP contribution in [0.3, 0.4) is 0 Å². The Morgan fingerprint density at radius 2 is 2.00 bits per heavy atom. The molecular formula is C12H16F. The standard InChI is InChI=1S/C12H16F/c1-4-5-10-6-7-11(13)8-12(10)9(2)3/h6-8H,4-5H2,1-3H3. The van der Waals surface area contributed by atoms with Crippen molar-refractivity contribution < 1.29 is 4.39 Å². The van der Waals surface area contributed by atoms with Crippen molar-refractivity contribution in [2.45, 2.75) is 33.6 Å². The Morgan fingerprint density at radius 3 is 2.54 bits per heavy atom. The van der Waals surface area contributed by atoms with Gasteiger partial charge in [-0.25, -0.2) is 4.39 Å². The van der Waals surface area contributed by atoms with Gasteiger partial charge in [-0.3, -0.25) is 0 Å². The molecule has 71 valence electrons. The van der Waals surface area contributed by atoms with Gasteiger partial charge in [-0.2, -0.15) is 0 Å². The number of rotatable bonds is 3. The molecule has 1 radical (unpaired) electrons. The van der Waals surface area contributed by atoms with Crippen molar-refractivity contribution in [1.29, 1.82) is 0 Å². The minimum absolute atomic E-state index is 0.143. The lowest BCUT2D eigenvalue weighted by atomic mass is 9.94. The zero-order valence-electron chi connectivity index (χ0n) is 8.52. The number of hydrogen-bond acceptors (Lipinski definition) is 0. The van der Waals surface area contributed by atoms with Crippen molar-refractivity contribution in [3.8, 4) is 0 Å². The second-order valence-corrected chi connectivity index (χ2v) is 3.55. The predicted molar refractivity (Wildman–Crippen MR) is 54.1 cm³/mol. The summed E-state index contributed by atoms with van der Waals surface area (Å²) in [6.07, 6.45) is 2.13. The minimum Gasteiger partial charge on any atom is -0.207 e. The van der Waals surface area contributed by atoms with Crippen molar-refractivity contribution >= 4 is 0 Å². The van der Waals surface area contributed by atoms with Gasteiger partial charge >= 0.3 is 0 Å². The number of hydrogen-bond donors (Lipinski definition) is 0. The van der Waals surface area contributed by atoms with Crippen LogP contribution in [0.2, 0.25) is 0 Å². The first-order valence-corrected chi connectivity index (χ1v) is 4.74. The largest absolute Gasteiger partial charge is 0.207 e. The molecule has 0 aliphatic rings. The second kappa shape index (κ2) is 4.40. The van der Waals surface area contributed by atoms with Crippen LogP contribution in [0.25, 0.3) is 0 Å². The van der Waals surface area contributed by atoms with Gasteiger partial charge in [0.2, 0.25) is 0 Å². The lowest BCUT2D eigenvalue weighted by Crippen LogP contribution is -1.97. The SMILES string of the molecule is CCCc1ccc(F)cc1[C](C)C. The molecule has 13 heavy (non-hydrogen) atoms. The molecule has 0 N–H and O–H groups in total. The van der Waals surface area contributed by atoms with Gasteiger partial charge in [0.1, 0.15) is 5.82 Å². The summed E-state index contributed by atoms with van der Waals surface area (Å²) in [5, 5.41) is 0. The van der Waals surface area contributed by atoms with Crippen LogP contribution in [0.1, 0.15) is 38.3 Å². The highest BCUT2D eigenvalue weighted by molar-refractivity contribution is 5.37. The number of benzene rings is 1. The van der Waals surface area contributed by atoms with E-state index in [0.29, 0.717) is 0 Å². The zero-order valence-corrected chi connectivity index (χ0v) is 8.52. The molecule has 0 saturated heterocycles. The van der Waals surface area contributed by atoms with E-state index in [1.165, 1.54) is 17.5 Å². The van der Waals surface area contributed by atoms with E-state index in [1.54, 1.807) is 6.07 Å². The van der Waals surface area contributed by atoms with E-state index in [4.69, 9.17) is 0 Å². The van der Waals surface area contributed by atoms with Crippen molar-refractivity contribution in [3.63, 3.8) is 0 Å². The van der Waals surface area contributed by atoms with Crippen molar-refractivity contribution in [2.24, 2.45) is 0 Å². The normalized spacial score (nSPS) is 10.8. The summed E-state index contributed by atoms with van der Waals surface area (Å²) < 4.78 is 12.9. The quantitative estimate of drug-likeness (QED) is 0.663. The van der Waals surface area contributed by atoms with Gasteiger partial charge in [0, 0.05) is 0 Å². The molecular weight excluding hydrogens is 163 g/mol. The lowest BCUT2D eigenvalue weighted by molar-refractivity contribution is 0.625. The van der Waals surface area contributed by atoms with Crippen LogP contribution in [0.5, 0.6) is 0 Å². The fourth-order valence-electron chi connectivity index (χ4n) is 1.50. The topological polar surface area (TPSA) is 0 Å². The minimum atomic E-state index is -0.143. The van der Waals surface area contributed by atoms with Crippen molar-refractivity contribution in [2.75, 3.05) is 0 Å². The molecule has 1 aromatic carbocycles. The van der Waals surface area contributed by atoms with Gasteiger partial charge in [0.05, 0.1) is 0 Å². The smallest absolute Gasteiger partial charge is 0.123 e. The fourth-order valence-corrected chi connectivity index (χ4v) is 1.50. The molecule has 1 heteroatoms. The monoisotopic (exact) mass is 179 g/mol. The molecule has 0 atom stereocenters. The average molecular weight is 179 g/mol. The Hall–Kier alpha value is -0.850. The molecule has 0 amide bonds. The van der Waals surface area contributed by atoms with Gasteiger partial charge in [-0.05, 0) is 35.6 Å². The molecule has 0 aliphatic heterocycles. The third-order valence-electron chi connectivity index (χ3n) is 2.13. The van der Waals surface area contributed by atoms with Crippen LogP contribution in [0, 0.1) is 11.7 Å². The van der Waals surface area contributed by atoms with E-state index in [0.717, 1.165) is 18.4 Å². The molecule has 0 heterocycles. The molecule has 0 saturated carbocycles. The summed E-state index contributed by atoms with van der Waals surface area (Å²) in [5.41, 5.74) is 2.32. The molecule has 0 spiro atoms. The third-order valence-corrected chi connectivity index (χ3v) is 2.13. The van der Waals surface area contributed by atoms with Gasteiger partial charge < -0.3 is 0 Å². The second-order valence-electron chi connectivity index (χ2n) is 3.55. The van der Waals surface area contributed by atoms with Crippen LogP contribution in [0.15, 0.2) is 18.2 Å². The highest BCUT2D eigenvalue weighted by Crippen LogP contribution is 2.20. The first kappa shape index (κ1) is 10.2. The van der Waals surface area contributed by atoms with Crippen LogP contribution in [0.4, 0.5) is 4.39 Å². The summed E-state index contributed by atoms with van der Waals surface area (Å²) >= 11 is 0. The van der Waals surface area contributed by atoms with Gasteiger partial charge in [0.15, 0.2) is 0 Å².